The Morgan fingerprint density at radius 1 is 1.53 bits per heavy atom. The monoisotopic (exact) mass is 241 g/mol. The Morgan fingerprint density at radius 3 is 2.94 bits per heavy atom. The quantitative estimate of drug-likeness (QED) is 0.653. The van der Waals surface area contributed by atoms with Gasteiger partial charge in [0.25, 0.3) is 0 Å². The van der Waals surface area contributed by atoms with E-state index in [4.69, 9.17) is 5.73 Å². The SMILES string of the molecule is CC(CNCCCN1CCCCC1C)C(N)=O. The van der Waals surface area contributed by atoms with E-state index in [1.165, 1.54) is 32.4 Å². The molecule has 1 heterocycles. The summed E-state index contributed by atoms with van der Waals surface area (Å²) >= 11 is 0. The highest BCUT2D eigenvalue weighted by Crippen LogP contribution is 2.15. The molecule has 0 aromatic heterocycles. The maximum absolute atomic E-state index is 10.8. The number of primary amides is 1. The van der Waals surface area contributed by atoms with Crippen LogP contribution >= 0.6 is 0 Å². The van der Waals surface area contributed by atoms with E-state index in [9.17, 15) is 4.79 Å². The minimum atomic E-state index is -0.220. The van der Waals surface area contributed by atoms with Crippen LogP contribution in [-0.4, -0.2) is 43.0 Å². The standard InChI is InChI=1S/C13H27N3O/c1-11(13(14)17)10-15-7-5-9-16-8-4-3-6-12(16)2/h11-12,15H,3-10H2,1-2H3,(H2,14,17). The summed E-state index contributed by atoms with van der Waals surface area (Å²) in [6.45, 7) is 8.27. The molecule has 0 radical (unpaired) electrons. The minimum absolute atomic E-state index is 0.0658. The first kappa shape index (κ1) is 14.5. The number of carbonyl (C=O) groups excluding carboxylic acids is 1. The normalized spacial score (nSPS) is 23.5. The van der Waals surface area contributed by atoms with Gasteiger partial charge in [0.05, 0.1) is 0 Å². The number of likely N-dealkylation sites (tertiary alicyclic amines) is 1. The lowest BCUT2D eigenvalue weighted by atomic mass is 10.0. The average molecular weight is 241 g/mol. The van der Waals surface area contributed by atoms with E-state index >= 15 is 0 Å². The zero-order valence-electron chi connectivity index (χ0n) is 11.2. The summed E-state index contributed by atoms with van der Waals surface area (Å²) < 4.78 is 0. The first-order valence-electron chi connectivity index (χ1n) is 6.85. The van der Waals surface area contributed by atoms with Crippen molar-refractivity contribution in [3.8, 4) is 0 Å². The Morgan fingerprint density at radius 2 is 2.29 bits per heavy atom. The molecule has 0 bridgehead atoms. The predicted octanol–water partition coefficient (Wildman–Crippen LogP) is 0.962. The number of rotatable bonds is 7. The van der Waals surface area contributed by atoms with Gasteiger partial charge in [0.2, 0.25) is 5.91 Å². The van der Waals surface area contributed by atoms with Crippen molar-refractivity contribution >= 4 is 5.91 Å². The molecule has 1 rings (SSSR count). The number of carbonyl (C=O) groups is 1. The first-order valence-corrected chi connectivity index (χ1v) is 6.85. The van der Waals surface area contributed by atoms with Crippen LogP contribution in [0, 0.1) is 5.92 Å². The molecular formula is C13H27N3O. The summed E-state index contributed by atoms with van der Waals surface area (Å²) in [6.07, 6.45) is 5.21. The van der Waals surface area contributed by atoms with Gasteiger partial charge in [-0.15, -0.1) is 0 Å². The van der Waals surface area contributed by atoms with E-state index in [2.05, 4.69) is 17.1 Å². The summed E-state index contributed by atoms with van der Waals surface area (Å²) in [4.78, 5) is 13.4. The molecule has 100 valence electrons. The van der Waals surface area contributed by atoms with Gasteiger partial charge < -0.3 is 16.0 Å². The molecule has 1 amide bonds. The summed E-state index contributed by atoms with van der Waals surface area (Å²) in [5.41, 5.74) is 5.20. The van der Waals surface area contributed by atoms with Crippen molar-refractivity contribution in [2.45, 2.75) is 45.6 Å². The van der Waals surface area contributed by atoms with Crippen molar-refractivity contribution in [2.75, 3.05) is 26.2 Å². The molecule has 0 spiro atoms. The molecule has 0 aromatic rings. The Labute approximate surface area is 105 Å². The van der Waals surface area contributed by atoms with Crippen molar-refractivity contribution in [3.05, 3.63) is 0 Å². The fourth-order valence-electron chi connectivity index (χ4n) is 2.32. The maximum atomic E-state index is 10.8. The van der Waals surface area contributed by atoms with Crippen molar-refractivity contribution in [2.24, 2.45) is 11.7 Å². The third kappa shape index (κ3) is 5.50. The fraction of sp³-hybridized carbons (Fsp3) is 0.923. The Bertz CT molecular complexity index is 233. The number of hydrogen-bond acceptors (Lipinski definition) is 3. The van der Waals surface area contributed by atoms with Gasteiger partial charge in [-0.1, -0.05) is 13.3 Å². The van der Waals surface area contributed by atoms with Crippen LogP contribution in [0.15, 0.2) is 0 Å². The fourth-order valence-corrected chi connectivity index (χ4v) is 2.32. The zero-order valence-corrected chi connectivity index (χ0v) is 11.2. The summed E-state index contributed by atoms with van der Waals surface area (Å²) in [7, 11) is 0. The number of piperidine rings is 1. The topological polar surface area (TPSA) is 58.4 Å². The number of hydrogen-bond donors (Lipinski definition) is 2. The third-order valence-electron chi connectivity index (χ3n) is 3.68. The Hall–Kier alpha value is -0.610. The van der Waals surface area contributed by atoms with Gasteiger partial charge in [-0.05, 0) is 45.8 Å². The molecule has 0 aromatic carbocycles. The average Bonchev–Trinajstić information content (AvgIpc) is 2.30. The van der Waals surface area contributed by atoms with Gasteiger partial charge in [-0.3, -0.25) is 4.79 Å². The maximum Gasteiger partial charge on any atom is 0.221 e. The van der Waals surface area contributed by atoms with Crippen molar-refractivity contribution in [1.82, 2.24) is 10.2 Å². The summed E-state index contributed by atoms with van der Waals surface area (Å²) in [6, 6.07) is 0.744. The zero-order chi connectivity index (χ0) is 12.7. The highest BCUT2D eigenvalue weighted by molar-refractivity contribution is 5.76. The van der Waals surface area contributed by atoms with Gasteiger partial charge >= 0.3 is 0 Å². The summed E-state index contributed by atoms with van der Waals surface area (Å²) in [5.74, 6) is -0.286. The van der Waals surface area contributed by atoms with E-state index in [0.29, 0.717) is 6.54 Å². The second-order valence-corrected chi connectivity index (χ2v) is 5.24. The van der Waals surface area contributed by atoms with Crippen LogP contribution in [0.25, 0.3) is 0 Å². The van der Waals surface area contributed by atoms with Gasteiger partial charge in [0.1, 0.15) is 0 Å². The van der Waals surface area contributed by atoms with Crippen LogP contribution in [0.4, 0.5) is 0 Å². The number of nitrogens with zero attached hydrogens (tertiary/aromatic N) is 1. The first-order chi connectivity index (χ1) is 8.11. The van der Waals surface area contributed by atoms with Crippen LogP contribution in [0.3, 0.4) is 0 Å². The van der Waals surface area contributed by atoms with Crippen LogP contribution in [-0.2, 0) is 4.79 Å². The van der Waals surface area contributed by atoms with E-state index < -0.39 is 0 Å². The lowest BCUT2D eigenvalue weighted by Crippen LogP contribution is -2.39. The molecule has 17 heavy (non-hydrogen) atoms. The van der Waals surface area contributed by atoms with Crippen molar-refractivity contribution in [1.29, 1.82) is 0 Å². The smallest absolute Gasteiger partial charge is 0.221 e. The predicted molar refractivity (Wildman–Crippen MR) is 70.7 cm³/mol. The largest absolute Gasteiger partial charge is 0.369 e. The van der Waals surface area contributed by atoms with E-state index in [1.54, 1.807) is 0 Å². The molecule has 2 unspecified atom stereocenters. The lowest BCUT2D eigenvalue weighted by molar-refractivity contribution is -0.121. The van der Waals surface area contributed by atoms with Gasteiger partial charge in [0, 0.05) is 18.5 Å². The van der Waals surface area contributed by atoms with E-state index in [0.717, 1.165) is 19.0 Å². The molecular weight excluding hydrogens is 214 g/mol. The molecule has 1 aliphatic heterocycles. The second-order valence-electron chi connectivity index (χ2n) is 5.24. The molecule has 1 fully saturated rings. The van der Waals surface area contributed by atoms with E-state index in [-0.39, 0.29) is 11.8 Å². The molecule has 4 nitrogen and oxygen atoms in total. The molecule has 2 atom stereocenters. The lowest BCUT2D eigenvalue weighted by Gasteiger charge is -2.33. The van der Waals surface area contributed by atoms with Gasteiger partial charge in [0.15, 0.2) is 0 Å². The molecule has 0 saturated carbocycles. The van der Waals surface area contributed by atoms with E-state index in [1.807, 2.05) is 6.92 Å². The van der Waals surface area contributed by atoms with Crippen LogP contribution in [0.2, 0.25) is 0 Å². The van der Waals surface area contributed by atoms with Gasteiger partial charge in [-0.25, -0.2) is 0 Å². The minimum Gasteiger partial charge on any atom is -0.369 e. The number of amides is 1. The van der Waals surface area contributed by atoms with Crippen LogP contribution < -0.4 is 11.1 Å². The molecule has 4 heteroatoms. The Kier molecular flexibility index (Phi) is 6.52. The highest BCUT2D eigenvalue weighted by Gasteiger charge is 2.17. The van der Waals surface area contributed by atoms with Crippen molar-refractivity contribution < 1.29 is 4.79 Å². The molecule has 1 saturated heterocycles. The van der Waals surface area contributed by atoms with Crippen molar-refractivity contribution in [3.63, 3.8) is 0 Å². The summed E-state index contributed by atoms with van der Waals surface area (Å²) in [5, 5.41) is 3.29. The Balaban J connectivity index is 2.02. The third-order valence-corrected chi connectivity index (χ3v) is 3.68. The number of nitrogens with two attached hydrogens (primary N) is 1. The second kappa shape index (κ2) is 7.67. The number of nitrogens with one attached hydrogen (secondary N) is 1. The molecule has 0 aliphatic carbocycles. The van der Waals surface area contributed by atoms with Crippen LogP contribution in [0.5, 0.6) is 0 Å². The highest BCUT2D eigenvalue weighted by atomic mass is 16.1. The molecule has 3 N–H and O–H groups in total. The van der Waals surface area contributed by atoms with Gasteiger partial charge in [-0.2, -0.15) is 0 Å². The molecule has 1 aliphatic rings. The van der Waals surface area contributed by atoms with Crippen LogP contribution in [0.1, 0.15) is 39.5 Å².